The second-order valence-corrected chi connectivity index (χ2v) is 13.0. The highest BCUT2D eigenvalue weighted by molar-refractivity contribution is 6.10. The van der Waals surface area contributed by atoms with Crippen LogP contribution in [0, 0.1) is 11.3 Å². The van der Waals surface area contributed by atoms with Crippen LogP contribution < -0.4 is 0 Å². The Morgan fingerprint density at radius 1 is 0.537 bits per heavy atom. The van der Waals surface area contributed by atoms with E-state index in [-0.39, 0.29) is 10.8 Å². The maximum Gasteiger partial charge on any atom is 0.100 e. The van der Waals surface area contributed by atoms with Crippen molar-refractivity contribution in [1.29, 1.82) is 5.26 Å². The zero-order valence-electron chi connectivity index (χ0n) is 24.8. The maximum absolute atomic E-state index is 10.4. The van der Waals surface area contributed by atoms with Crippen LogP contribution >= 0.6 is 0 Å². The third-order valence-corrected chi connectivity index (χ3v) is 8.19. The summed E-state index contributed by atoms with van der Waals surface area (Å²) in [6.45, 7) is 13.6. The number of aromatic nitrogens is 1. The number of hydrogen-bond donors (Lipinski definition) is 0. The molecular weight excluding hydrogens is 496 g/mol. The van der Waals surface area contributed by atoms with Crippen molar-refractivity contribution >= 4 is 21.8 Å². The molecule has 0 aliphatic heterocycles. The van der Waals surface area contributed by atoms with Gasteiger partial charge >= 0.3 is 0 Å². The third kappa shape index (κ3) is 4.62. The molecule has 0 fully saturated rings. The number of rotatable bonds is 3. The Balaban J connectivity index is 1.68. The Kier molecular flexibility index (Phi) is 6.35. The van der Waals surface area contributed by atoms with Crippen LogP contribution in [0.15, 0.2) is 109 Å². The van der Waals surface area contributed by atoms with Crippen LogP contribution in [0.1, 0.15) is 58.2 Å². The van der Waals surface area contributed by atoms with Gasteiger partial charge in [-0.15, -0.1) is 0 Å². The summed E-state index contributed by atoms with van der Waals surface area (Å²) in [4.78, 5) is 0. The van der Waals surface area contributed by atoms with Crippen molar-refractivity contribution in [3.05, 3.63) is 126 Å². The normalized spacial score (nSPS) is 12.1. The van der Waals surface area contributed by atoms with Crippen molar-refractivity contribution in [1.82, 2.24) is 4.57 Å². The fraction of sp³-hybridized carbons (Fsp3) is 0.205. The van der Waals surface area contributed by atoms with Crippen LogP contribution in [-0.2, 0) is 10.8 Å². The molecule has 5 aromatic carbocycles. The van der Waals surface area contributed by atoms with Crippen LogP contribution in [0.3, 0.4) is 0 Å². The van der Waals surface area contributed by atoms with Gasteiger partial charge in [-0.25, -0.2) is 0 Å². The molecule has 0 radical (unpaired) electrons. The molecule has 2 heteroatoms. The number of nitrogens with zero attached hydrogens (tertiary/aromatic N) is 2. The summed E-state index contributed by atoms with van der Waals surface area (Å²) in [6.07, 6.45) is 0. The van der Waals surface area contributed by atoms with Crippen LogP contribution in [0.25, 0.3) is 49.7 Å². The molecule has 6 aromatic rings. The molecule has 1 aromatic heterocycles. The summed E-state index contributed by atoms with van der Waals surface area (Å²) >= 11 is 0. The lowest BCUT2D eigenvalue weighted by atomic mass is 9.85. The zero-order valence-corrected chi connectivity index (χ0v) is 24.8. The summed E-state index contributed by atoms with van der Waals surface area (Å²) in [5, 5.41) is 13.0. The average Bonchev–Trinajstić information content (AvgIpc) is 3.29. The summed E-state index contributed by atoms with van der Waals surface area (Å²) < 4.78 is 2.38. The molecule has 0 aliphatic rings. The lowest BCUT2D eigenvalue weighted by Gasteiger charge is -2.19. The molecule has 0 N–H and O–H groups in total. The lowest BCUT2D eigenvalue weighted by Crippen LogP contribution is -2.10. The van der Waals surface area contributed by atoms with E-state index in [1.807, 2.05) is 24.3 Å². The number of para-hydroxylation sites is 1. The van der Waals surface area contributed by atoms with Gasteiger partial charge < -0.3 is 4.57 Å². The fourth-order valence-electron chi connectivity index (χ4n) is 5.87. The standard InChI is InChI=1S/C39H36N2/c1-38(2,3)27-19-21-36-32(23-27)33-24-28(39(4,5)6)20-22-37(33)41(36)35-18-11-10-15-31(35)30-17-12-16-29(34(30)25-40)26-13-8-7-9-14-26/h7-24H,1-6H3. The monoisotopic (exact) mass is 532 g/mol. The third-order valence-electron chi connectivity index (χ3n) is 8.19. The van der Waals surface area contributed by atoms with Crippen molar-refractivity contribution < 1.29 is 0 Å². The van der Waals surface area contributed by atoms with Crippen LogP contribution in [-0.4, -0.2) is 4.57 Å². The second kappa shape index (κ2) is 9.79. The molecule has 41 heavy (non-hydrogen) atoms. The Labute approximate surface area is 243 Å². The minimum absolute atomic E-state index is 0.0434. The Bertz CT molecular complexity index is 1880. The Morgan fingerprint density at radius 3 is 1.61 bits per heavy atom. The van der Waals surface area contributed by atoms with E-state index in [1.54, 1.807) is 0 Å². The summed E-state index contributed by atoms with van der Waals surface area (Å²) in [6, 6.07) is 41.2. The molecule has 0 spiro atoms. The molecule has 0 aliphatic carbocycles. The first-order valence-corrected chi connectivity index (χ1v) is 14.4. The molecule has 0 bridgehead atoms. The molecule has 1 heterocycles. The van der Waals surface area contributed by atoms with E-state index in [0.717, 1.165) is 27.9 Å². The average molecular weight is 533 g/mol. The van der Waals surface area contributed by atoms with Gasteiger partial charge in [0.25, 0.3) is 0 Å². The van der Waals surface area contributed by atoms with Crippen molar-refractivity contribution in [3.8, 4) is 34.0 Å². The van der Waals surface area contributed by atoms with Gasteiger partial charge in [-0.05, 0) is 57.9 Å². The minimum atomic E-state index is 0.0434. The number of nitriles is 1. The molecule has 0 saturated carbocycles. The van der Waals surface area contributed by atoms with E-state index in [1.165, 1.54) is 32.9 Å². The number of fused-ring (bicyclic) bond motifs is 3. The van der Waals surface area contributed by atoms with Crippen molar-refractivity contribution in [2.45, 2.75) is 52.4 Å². The quantitative estimate of drug-likeness (QED) is 0.223. The largest absolute Gasteiger partial charge is 0.309 e. The molecule has 0 unspecified atom stereocenters. The van der Waals surface area contributed by atoms with Gasteiger partial charge in [0.2, 0.25) is 0 Å². The molecule has 6 rings (SSSR count). The van der Waals surface area contributed by atoms with E-state index in [4.69, 9.17) is 0 Å². The van der Waals surface area contributed by atoms with Gasteiger partial charge in [0.05, 0.1) is 22.3 Å². The summed E-state index contributed by atoms with van der Waals surface area (Å²) in [5.41, 5.74) is 10.8. The number of hydrogen-bond acceptors (Lipinski definition) is 1. The summed E-state index contributed by atoms with van der Waals surface area (Å²) in [5.74, 6) is 0. The van der Waals surface area contributed by atoms with E-state index < -0.39 is 0 Å². The summed E-state index contributed by atoms with van der Waals surface area (Å²) in [7, 11) is 0. The Morgan fingerprint density at radius 2 is 1.05 bits per heavy atom. The van der Waals surface area contributed by atoms with Gasteiger partial charge in [-0.2, -0.15) is 5.26 Å². The van der Waals surface area contributed by atoms with Gasteiger partial charge in [-0.3, -0.25) is 0 Å². The first-order valence-electron chi connectivity index (χ1n) is 14.4. The molecular formula is C39H36N2. The molecule has 0 saturated heterocycles. The van der Waals surface area contributed by atoms with Gasteiger partial charge in [0.1, 0.15) is 6.07 Å². The van der Waals surface area contributed by atoms with Gasteiger partial charge in [-0.1, -0.05) is 120 Å². The van der Waals surface area contributed by atoms with Crippen LogP contribution in [0.4, 0.5) is 0 Å². The molecule has 0 amide bonds. The van der Waals surface area contributed by atoms with Crippen LogP contribution in [0.5, 0.6) is 0 Å². The lowest BCUT2D eigenvalue weighted by molar-refractivity contribution is 0.590. The minimum Gasteiger partial charge on any atom is -0.309 e. The highest BCUT2D eigenvalue weighted by Gasteiger charge is 2.22. The Hall–Kier alpha value is -4.61. The highest BCUT2D eigenvalue weighted by Crippen LogP contribution is 2.41. The van der Waals surface area contributed by atoms with E-state index in [9.17, 15) is 5.26 Å². The molecule has 202 valence electrons. The maximum atomic E-state index is 10.4. The zero-order chi connectivity index (χ0) is 28.9. The van der Waals surface area contributed by atoms with Crippen molar-refractivity contribution in [2.24, 2.45) is 0 Å². The van der Waals surface area contributed by atoms with Crippen molar-refractivity contribution in [2.75, 3.05) is 0 Å². The van der Waals surface area contributed by atoms with Crippen LogP contribution in [0.2, 0.25) is 0 Å². The van der Waals surface area contributed by atoms with Crippen molar-refractivity contribution in [3.63, 3.8) is 0 Å². The van der Waals surface area contributed by atoms with E-state index in [0.29, 0.717) is 5.56 Å². The fourth-order valence-corrected chi connectivity index (χ4v) is 5.87. The molecule has 0 atom stereocenters. The predicted molar refractivity (Wildman–Crippen MR) is 174 cm³/mol. The predicted octanol–water partition coefficient (Wildman–Crippen LogP) is 10.6. The smallest absolute Gasteiger partial charge is 0.100 e. The second-order valence-electron chi connectivity index (χ2n) is 13.0. The van der Waals surface area contributed by atoms with Gasteiger partial charge in [0, 0.05) is 27.5 Å². The topological polar surface area (TPSA) is 28.7 Å². The van der Waals surface area contributed by atoms with E-state index in [2.05, 4.69) is 137 Å². The van der Waals surface area contributed by atoms with Gasteiger partial charge in [0.15, 0.2) is 0 Å². The first-order chi connectivity index (χ1) is 19.6. The molecule has 2 nitrogen and oxygen atoms in total. The number of benzene rings is 5. The van der Waals surface area contributed by atoms with E-state index >= 15 is 0 Å². The SMILES string of the molecule is CC(C)(C)c1ccc2c(c1)c1cc(C(C)(C)C)ccc1n2-c1ccccc1-c1cccc(-c2ccccc2)c1C#N. The first kappa shape index (κ1) is 26.6. The highest BCUT2D eigenvalue weighted by atomic mass is 15.0.